The van der Waals surface area contributed by atoms with Crippen LogP contribution in [0.15, 0.2) is 0 Å². The van der Waals surface area contributed by atoms with Crippen molar-refractivity contribution in [3.63, 3.8) is 0 Å². The zero-order chi connectivity index (χ0) is 10.0. The van der Waals surface area contributed by atoms with Gasteiger partial charge >= 0.3 is 11.9 Å². The Bertz CT molecular complexity index is 261. The van der Waals surface area contributed by atoms with Gasteiger partial charge in [-0.1, -0.05) is 0 Å². The quantitative estimate of drug-likeness (QED) is 0.620. The largest absolute Gasteiger partial charge is 0.465 e. The second kappa shape index (κ2) is 3.55. The first kappa shape index (κ1) is 9.70. The smallest absolute Gasteiger partial charge is 0.353 e. The average molecular weight is 185 g/mol. The Balaban J connectivity index is 2.74. The van der Waals surface area contributed by atoms with Gasteiger partial charge in [0.25, 0.3) is 0 Å². The minimum atomic E-state index is -0.854. The van der Waals surface area contributed by atoms with Gasteiger partial charge in [0, 0.05) is 0 Å². The van der Waals surface area contributed by atoms with Crippen molar-refractivity contribution in [2.75, 3.05) is 6.61 Å². The Labute approximate surface area is 75.5 Å². The van der Waals surface area contributed by atoms with E-state index in [4.69, 9.17) is 10.1 Å². The van der Waals surface area contributed by atoms with E-state index in [0.717, 1.165) is 0 Å². The van der Waals surface area contributed by atoms with Crippen molar-refractivity contribution >= 4 is 17.7 Å². The van der Waals surface area contributed by atoms with Gasteiger partial charge < -0.3 is 9.47 Å². The maximum Gasteiger partial charge on any atom is 0.353 e. The van der Waals surface area contributed by atoms with E-state index in [0.29, 0.717) is 0 Å². The molecule has 1 saturated heterocycles. The van der Waals surface area contributed by atoms with Crippen LogP contribution in [0.3, 0.4) is 0 Å². The lowest BCUT2D eigenvalue weighted by Gasteiger charge is -2.10. The summed E-state index contributed by atoms with van der Waals surface area (Å²) in [6.07, 6.45) is -0.584. The average Bonchev–Trinajstić information content (AvgIpc) is 2.27. The fourth-order valence-corrected chi connectivity index (χ4v) is 1.20. The highest BCUT2D eigenvalue weighted by Gasteiger charge is 2.43. The lowest BCUT2D eigenvalue weighted by Crippen LogP contribution is -2.29. The number of esters is 2. The molecule has 5 nitrogen and oxygen atoms in total. The van der Waals surface area contributed by atoms with Crippen LogP contribution < -0.4 is 0 Å². The summed E-state index contributed by atoms with van der Waals surface area (Å²) in [5.74, 6) is -2.15. The molecule has 1 aliphatic heterocycles. The summed E-state index contributed by atoms with van der Waals surface area (Å²) >= 11 is 0. The van der Waals surface area contributed by atoms with Gasteiger partial charge in [-0.15, -0.1) is 0 Å². The molecule has 0 aromatic heterocycles. The van der Waals surface area contributed by atoms with Gasteiger partial charge in [-0.3, -0.25) is 10.2 Å². The van der Waals surface area contributed by atoms with Crippen LogP contribution in [-0.4, -0.2) is 30.4 Å². The highest BCUT2D eigenvalue weighted by molar-refractivity contribution is 6.41. The molecular weight excluding hydrogens is 174 g/mol. The maximum absolute atomic E-state index is 11.2. The van der Waals surface area contributed by atoms with Crippen molar-refractivity contribution in [1.82, 2.24) is 0 Å². The van der Waals surface area contributed by atoms with Crippen molar-refractivity contribution in [2.24, 2.45) is 5.92 Å². The molecule has 0 radical (unpaired) electrons. The number of hydrogen-bond acceptors (Lipinski definition) is 5. The van der Waals surface area contributed by atoms with Crippen LogP contribution in [0.4, 0.5) is 0 Å². The van der Waals surface area contributed by atoms with Crippen molar-refractivity contribution in [3.05, 3.63) is 0 Å². The number of ether oxygens (including phenoxy) is 2. The van der Waals surface area contributed by atoms with Crippen LogP contribution in [0, 0.1) is 11.3 Å². The molecule has 1 fully saturated rings. The monoisotopic (exact) mass is 185 g/mol. The van der Waals surface area contributed by atoms with E-state index < -0.39 is 24.0 Å². The van der Waals surface area contributed by atoms with Crippen molar-refractivity contribution in [2.45, 2.75) is 20.0 Å². The van der Waals surface area contributed by atoms with Gasteiger partial charge in [-0.2, -0.15) is 0 Å². The summed E-state index contributed by atoms with van der Waals surface area (Å²) in [5.41, 5.74) is -0.314. The Hall–Kier alpha value is -1.39. The van der Waals surface area contributed by atoms with Gasteiger partial charge in [0.15, 0.2) is 0 Å². The molecule has 1 N–H and O–H groups in total. The molecule has 2 atom stereocenters. The summed E-state index contributed by atoms with van der Waals surface area (Å²) in [7, 11) is 0. The van der Waals surface area contributed by atoms with E-state index in [9.17, 15) is 9.59 Å². The van der Waals surface area contributed by atoms with E-state index >= 15 is 0 Å². The molecule has 1 rings (SSSR count). The molecule has 0 aromatic rings. The molecule has 0 aromatic carbocycles. The minimum absolute atomic E-state index is 0.240. The van der Waals surface area contributed by atoms with E-state index in [1.807, 2.05) is 0 Å². The summed E-state index contributed by atoms with van der Waals surface area (Å²) in [5, 5.41) is 7.28. The molecular formula is C8H11NO4. The predicted octanol–water partition coefficient (Wildman–Crippen LogP) is 0.131. The number of cyclic esters (lactones) is 1. The van der Waals surface area contributed by atoms with E-state index in [1.165, 1.54) is 0 Å². The molecule has 0 spiro atoms. The standard InChI is InChI=1S/C8H11NO4/c1-3-12-7(10)5-4(2)13-8(11)6(5)9/h4-5,9H,3H2,1-2H3/t4-,5?/m1/s1. The molecule has 0 bridgehead atoms. The van der Waals surface area contributed by atoms with Crippen LogP contribution in [0.2, 0.25) is 0 Å². The first-order valence-corrected chi connectivity index (χ1v) is 4.04. The van der Waals surface area contributed by atoms with E-state index in [2.05, 4.69) is 4.74 Å². The lowest BCUT2D eigenvalue weighted by molar-refractivity contribution is -0.148. The summed E-state index contributed by atoms with van der Waals surface area (Å²) in [6.45, 7) is 3.48. The lowest BCUT2D eigenvalue weighted by atomic mass is 10.0. The maximum atomic E-state index is 11.2. The molecule has 0 aliphatic carbocycles. The zero-order valence-corrected chi connectivity index (χ0v) is 7.49. The number of hydrogen-bond donors (Lipinski definition) is 1. The minimum Gasteiger partial charge on any atom is -0.465 e. The Morgan fingerprint density at radius 1 is 1.69 bits per heavy atom. The van der Waals surface area contributed by atoms with Crippen molar-refractivity contribution in [1.29, 1.82) is 5.41 Å². The molecule has 0 amide bonds. The Kier molecular flexibility index (Phi) is 2.65. The molecule has 72 valence electrons. The molecule has 1 heterocycles. The van der Waals surface area contributed by atoms with Crippen LogP contribution in [-0.2, 0) is 19.1 Å². The number of carbonyl (C=O) groups excluding carboxylic acids is 2. The third-order valence-electron chi connectivity index (χ3n) is 1.83. The Morgan fingerprint density at radius 3 is 2.69 bits per heavy atom. The molecule has 13 heavy (non-hydrogen) atoms. The third kappa shape index (κ3) is 1.68. The summed E-state index contributed by atoms with van der Waals surface area (Å²) < 4.78 is 9.39. The third-order valence-corrected chi connectivity index (χ3v) is 1.83. The molecule has 5 heteroatoms. The van der Waals surface area contributed by atoms with Crippen LogP contribution in [0.1, 0.15) is 13.8 Å². The first-order valence-electron chi connectivity index (χ1n) is 4.04. The van der Waals surface area contributed by atoms with Crippen molar-refractivity contribution < 1.29 is 19.1 Å². The zero-order valence-electron chi connectivity index (χ0n) is 7.49. The molecule has 1 aliphatic rings. The highest BCUT2D eigenvalue weighted by atomic mass is 16.6. The first-order chi connectivity index (χ1) is 6.07. The van der Waals surface area contributed by atoms with Gasteiger partial charge in [-0.05, 0) is 13.8 Å². The molecule has 1 unspecified atom stereocenters. The summed E-state index contributed by atoms with van der Waals surface area (Å²) in [6, 6.07) is 0. The van der Waals surface area contributed by atoms with E-state index in [1.54, 1.807) is 13.8 Å². The van der Waals surface area contributed by atoms with Crippen molar-refractivity contribution in [3.8, 4) is 0 Å². The SMILES string of the molecule is CCOC(=O)C1C(=N)C(=O)O[C@@H]1C. The second-order valence-electron chi connectivity index (χ2n) is 2.75. The van der Waals surface area contributed by atoms with Gasteiger partial charge in [0.1, 0.15) is 17.7 Å². The Morgan fingerprint density at radius 2 is 2.31 bits per heavy atom. The second-order valence-corrected chi connectivity index (χ2v) is 2.75. The van der Waals surface area contributed by atoms with Crippen LogP contribution in [0.5, 0.6) is 0 Å². The van der Waals surface area contributed by atoms with Gasteiger partial charge in [-0.25, -0.2) is 4.79 Å². The number of carbonyl (C=O) groups is 2. The number of nitrogens with one attached hydrogen (secondary N) is 1. The van der Waals surface area contributed by atoms with Gasteiger partial charge in [0.05, 0.1) is 6.61 Å². The summed E-state index contributed by atoms with van der Waals surface area (Å²) in [4.78, 5) is 22.1. The highest BCUT2D eigenvalue weighted by Crippen LogP contribution is 2.20. The van der Waals surface area contributed by atoms with Crippen LogP contribution >= 0.6 is 0 Å². The predicted molar refractivity (Wildman–Crippen MR) is 43.4 cm³/mol. The number of rotatable bonds is 2. The molecule has 0 saturated carbocycles. The van der Waals surface area contributed by atoms with Gasteiger partial charge in [0.2, 0.25) is 0 Å². The van der Waals surface area contributed by atoms with Crippen LogP contribution in [0.25, 0.3) is 0 Å². The van der Waals surface area contributed by atoms with E-state index in [-0.39, 0.29) is 12.3 Å². The fraction of sp³-hybridized carbons (Fsp3) is 0.625. The fourth-order valence-electron chi connectivity index (χ4n) is 1.20. The normalized spacial score (nSPS) is 27.2. The topological polar surface area (TPSA) is 76.5 Å².